The number of aliphatic imine (C=N–C) groups is 1. The molecule has 0 aliphatic rings. The Balaban J connectivity index is 5.35. The number of primary amides is 1. The molecule has 0 saturated heterocycles. The van der Waals surface area contributed by atoms with Gasteiger partial charge in [0.1, 0.15) is 18.1 Å². The van der Waals surface area contributed by atoms with Crippen LogP contribution in [-0.4, -0.2) is 95.1 Å². The van der Waals surface area contributed by atoms with E-state index in [1.165, 1.54) is 11.8 Å². The van der Waals surface area contributed by atoms with Crippen molar-refractivity contribution in [1.82, 2.24) is 16.0 Å². The lowest BCUT2D eigenvalue weighted by molar-refractivity contribution is -0.143. The van der Waals surface area contributed by atoms with Crippen LogP contribution in [0.1, 0.15) is 32.1 Å². The lowest BCUT2D eigenvalue weighted by Crippen LogP contribution is -2.57. The summed E-state index contributed by atoms with van der Waals surface area (Å²) in [7, 11) is 0. The first-order valence-electron chi connectivity index (χ1n) is 10.8. The minimum Gasteiger partial charge on any atom is -0.480 e. The van der Waals surface area contributed by atoms with Gasteiger partial charge < -0.3 is 49.1 Å². The lowest BCUT2D eigenvalue weighted by atomic mass is 10.1. The summed E-state index contributed by atoms with van der Waals surface area (Å²) < 4.78 is 0. The summed E-state index contributed by atoms with van der Waals surface area (Å²) >= 11 is 1.38. The summed E-state index contributed by atoms with van der Waals surface area (Å²) in [6.07, 6.45) is 2.14. The van der Waals surface area contributed by atoms with Crippen LogP contribution in [0.2, 0.25) is 0 Å². The van der Waals surface area contributed by atoms with Gasteiger partial charge in [0.15, 0.2) is 5.96 Å². The Morgan fingerprint density at radius 2 is 1.43 bits per heavy atom. The van der Waals surface area contributed by atoms with E-state index in [1.54, 1.807) is 6.26 Å². The third-order valence-corrected chi connectivity index (χ3v) is 5.30. The third kappa shape index (κ3) is 14.0. The molecular weight excluding hydrogens is 484 g/mol. The summed E-state index contributed by atoms with van der Waals surface area (Å²) in [5, 5.41) is 25.2. The second kappa shape index (κ2) is 17.3. The molecule has 4 amide bonds. The molecule has 0 aromatic carbocycles. The highest BCUT2D eigenvalue weighted by Crippen LogP contribution is 2.06. The van der Waals surface area contributed by atoms with Gasteiger partial charge in [0, 0.05) is 13.0 Å². The van der Waals surface area contributed by atoms with E-state index >= 15 is 0 Å². The van der Waals surface area contributed by atoms with Crippen molar-refractivity contribution in [1.29, 1.82) is 0 Å². The van der Waals surface area contributed by atoms with Crippen LogP contribution in [0.3, 0.4) is 0 Å². The van der Waals surface area contributed by atoms with Crippen LogP contribution in [0.5, 0.6) is 0 Å². The Labute approximate surface area is 207 Å². The number of nitrogens with one attached hydrogen (secondary N) is 3. The highest BCUT2D eigenvalue weighted by Gasteiger charge is 2.30. The van der Waals surface area contributed by atoms with E-state index in [4.69, 9.17) is 33.1 Å². The molecule has 0 aliphatic carbocycles. The summed E-state index contributed by atoms with van der Waals surface area (Å²) in [6.45, 7) is -0.588. The van der Waals surface area contributed by atoms with Crippen molar-refractivity contribution in [3.05, 3.63) is 0 Å². The number of hydrogen-bond donors (Lipinski definition) is 9. The molecule has 0 radical (unpaired) electrons. The molecule has 16 heteroatoms. The molecule has 0 spiro atoms. The van der Waals surface area contributed by atoms with E-state index in [0.717, 1.165) is 0 Å². The average molecular weight is 521 g/mol. The van der Waals surface area contributed by atoms with E-state index < -0.39 is 60.4 Å². The molecular formula is C19H36N8O7S. The van der Waals surface area contributed by atoms with Crippen LogP contribution < -0.4 is 38.9 Å². The van der Waals surface area contributed by atoms with Gasteiger partial charge in [-0.3, -0.25) is 24.2 Å². The van der Waals surface area contributed by atoms with E-state index in [2.05, 4.69) is 20.9 Å². The van der Waals surface area contributed by atoms with Crippen LogP contribution in [0.15, 0.2) is 4.99 Å². The number of carboxylic acids is 1. The number of amides is 4. The Hall–Kier alpha value is -3.11. The molecule has 4 atom stereocenters. The van der Waals surface area contributed by atoms with Crippen molar-refractivity contribution in [2.45, 2.75) is 56.3 Å². The van der Waals surface area contributed by atoms with Crippen LogP contribution in [-0.2, 0) is 24.0 Å². The second-order valence-corrected chi connectivity index (χ2v) is 8.53. The smallest absolute Gasteiger partial charge is 0.328 e. The Bertz CT molecular complexity index is 763. The molecule has 35 heavy (non-hydrogen) atoms. The monoisotopic (exact) mass is 520 g/mol. The zero-order valence-electron chi connectivity index (χ0n) is 19.6. The van der Waals surface area contributed by atoms with Gasteiger partial charge in [0.25, 0.3) is 0 Å². The topological polar surface area (TPSA) is 278 Å². The molecule has 0 bridgehead atoms. The zero-order chi connectivity index (χ0) is 27.0. The van der Waals surface area contributed by atoms with E-state index in [1.807, 2.05) is 0 Å². The standard InChI is InChI=1S/C19H36N8O7S/c1-35-8-6-12(17(32)27-13(9-28)18(33)34)26-16(31)11(4-5-14(21)29)25-15(30)10(20)3-2-7-24-19(22)23/h10-13,28H,2-9,20H2,1H3,(H2,21,29)(H,25,30)(H,26,31)(H,27,32)(H,33,34)(H4,22,23,24). The number of carbonyl (C=O) groups excluding carboxylic acids is 4. The maximum atomic E-state index is 12.9. The number of carboxylic acid groups (broad SMARTS) is 1. The van der Waals surface area contributed by atoms with Crippen LogP contribution >= 0.6 is 11.8 Å². The molecule has 200 valence electrons. The maximum absolute atomic E-state index is 12.9. The number of thioether (sulfide) groups is 1. The summed E-state index contributed by atoms with van der Waals surface area (Å²) in [5.41, 5.74) is 21.5. The predicted octanol–water partition coefficient (Wildman–Crippen LogP) is -4.08. The van der Waals surface area contributed by atoms with Gasteiger partial charge in [-0.1, -0.05) is 0 Å². The molecule has 15 nitrogen and oxygen atoms in total. The first-order chi connectivity index (χ1) is 16.4. The van der Waals surface area contributed by atoms with Gasteiger partial charge in [-0.05, 0) is 37.7 Å². The Morgan fingerprint density at radius 3 is 1.91 bits per heavy atom. The van der Waals surface area contributed by atoms with Crippen molar-refractivity contribution < 1.29 is 34.2 Å². The fourth-order valence-electron chi connectivity index (χ4n) is 2.72. The molecule has 0 aliphatic heterocycles. The van der Waals surface area contributed by atoms with Crippen LogP contribution in [0.25, 0.3) is 0 Å². The third-order valence-electron chi connectivity index (χ3n) is 4.66. The molecule has 0 aromatic heterocycles. The lowest BCUT2D eigenvalue weighted by Gasteiger charge is -2.24. The van der Waals surface area contributed by atoms with Crippen molar-refractivity contribution >= 4 is 47.3 Å². The number of hydrogen-bond acceptors (Lipinski definition) is 9. The van der Waals surface area contributed by atoms with Gasteiger partial charge in [0.05, 0.1) is 12.6 Å². The van der Waals surface area contributed by atoms with E-state index in [9.17, 15) is 24.0 Å². The number of aliphatic hydroxyl groups excluding tert-OH is 1. The molecule has 13 N–H and O–H groups in total. The molecule has 0 rings (SSSR count). The molecule has 4 unspecified atom stereocenters. The van der Waals surface area contributed by atoms with E-state index in [0.29, 0.717) is 12.2 Å². The van der Waals surface area contributed by atoms with Gasteiger partial charge in [0.2, 0.25) is 23.6 Å². The zero-order valence-corrected chi connectivity index (χ0v) is 20.4. The van der Waals surface area contributed by atoms with Gasteiger partial charge >= 0.3 is 5.97 Å². The van der Waals surface area contributed by atoms with Crippen molar-refractivity contribution in [3.8, 4) is 0 Å². The summed E-state index contributed by atoms with van der Waals surface area (Å²) in [5.74, 6) is -4.10. The Morgan fingerprint density at radius 1 is 0.886 bits per heavy atom. The molecule has 0 fully saturated rings. The number of nitrogens with two attached hydrogens (primary N) is 4. The van der Waals surface area contributed by atoms with Gasteiger partial charge in [-0.2, -0.15) is 11.8 Å². The molecule has 0 saturated carbocycles. The Kier molecular flexibility index (Phi) is 15.8. The second-order valence-electron chi connectivity index (χ2n) is 7.55. The number of guanidine groups is 1. The fraction of sp³-hybridized carbons (Fsp3) is 0.684. The highest BCUT2D eigenvalue weighted by atomic mass is 32.2. The van der Waals surface area contributed by atoms with Crippen LogP contribution in [0, 0.1) is 0 Å². The highest BCUT2D eigenvalue weighted by molar-refractivity contribution is 7.98. The first kappa shape index (κ1) is 31.9. The molecule has 0 aromatic rings. The molecule has 0 heterocycles. The van der Waals surface area contributed by atoms with Crippen LogP contribution in [0.4, 0.5) is 0 Å². The number of aliphatic carboxylic acids is 1. The summed E-state index contributed by atoms with van der Waals surface area (Å²) in [4.78, 5) is 64.1. The quantitative estimate of drug-likeness (QED) is 0.0475. The maximum Gasteiger partial charge on any atom is 0.328 e. The first-order valence-corrected chi connectivity index (χ1v) is 12.1. The normalized spacial score (nSPS) is 14.0. The van der Waals surface area contributed by atoms with Crippen molar-refractivity contribution in [2.75, 3.05) is 25.2 Å². The van der Waals surface area contributed by atoms with Crippen molar-refractivity contribution in [2.24, 2.45) is 27.9 Å². The SMILES string of the molecule is CSCCC(NC(=O)C(CCC(N)=O)NC(=O)C(N)CCCN=C(N)N)C(=O)NC(CO)C(=O)O. The van der Waals surface area contributed by atoms with Gasteiger partial charge in [-0.25, -0.2) is 4.79 Å². The number of nitrogens with zero attached hydrogens (tertiary/aromatic N) is 1. The summed E-state index contributed by atoms with van der Waals surface area (Å²) in [6, 6.07) is -4.95. The number of carbonyl (C=O) groups is 5. The van der Waals surface area contributed by atoms with Gasteiger partial charge in [-0.15, -0.1) is 0 Å². The average Bonchev–Trinajstić information content (AvgIpc) is 2.79. The number of rotatable bonds is 18. The van der Waals surface area contributed by atoms with Crippen molar-refractivity contribution in [3.63, 3.8) is 0 Å². The van der Waals surface area contributed by atoms with E-state index in [-0.39, 0.29) is 38.2 Å². The minimum absolute atomic E-state index is 0.0973. The largest absolute Gasteiger partial charge is 0.480 e. The fourth-order valence-corrected chi connectivity index (χ4v) is 3.19. The predicted molar refractivity (Wildman–Crippen MR) is 130 cm³/mol. The minimum atomic E-state index is -1.56. The number of aliphatic hydroxyl groups is 1.